The first-order chi connectivity index (χ1) is 14.0. The van der Waals surface area contributed by atoms with Crippen molar-refractivity contribution in [2.45, 2.75) is 59.3 Å². The summed E-state index contributed by atoms with van der Waals surface area (Å²) in [6.45, 7) is 15.5. The van der Waals surface area contributed by atoms with Gasteiger partial charge < -0.3 is 10.2 Å². The molecule has 3 aliphatic heterocycles. The molecule has 0 spiro atoms. The Labute approximate surface area is 181 Å². The van der Waals surface area contributed by atoms with Crippen LogP contribution < -0.4 is 5.32 Å². The van der Waals surface area contributed by atoms with Gasteiger partial charge in [-0.25, -0.2) is 0 Å². The van der Waals surface area contributed by atoms with Gasteiger partial charge in [0.15, 0.2) is 6.71 Å². The van der Waals surface area contributed by atoms with Crippen LogP contribution in [0.25, 0.3) is 5.57 Å². The molecule has 1 aromatic carbocycles. The minimum Gasteiger partial charge on any atom is -0.396 e. The number of allylic oxidation sites excluding steroid dienone is 1. The molecule has 0 saturated heterocycles. The number of aryl methyl sites for hydroxylation is 1. The van der Waals surface area contributed by atoms with Gasteiger partial charge in [-0.15, -0.1) is 11.3 Å². The zero-order chi connectivity index (χ0) is 21.0. The molecule has 0 amide bonds. The summed E-state index contributed by atoms with van der Waals surface area (Å²) >= 11 is 1.91. The predicted octanol–water partition coefficient (Wildman–Crippen LogP) is 5.49. The van der Waals surface area contributed by atoms with Crippen molar-refractivity contribution in [1.82, 2.24) is 10.2 Å². The zero-order valence-corrected chi connectivity index (χ0v) is 19.5. The molecule has 1 unspecified atom stereocenters. The van der Waals surface area contributed by atoms with Crippen LogP contribution in [0.3, 0.4) is 0 Å². The summed E-state index contributed by atoms with van der Waals surface area (Å²) in [5, 5.41) is 5.73. The third-order valence-electron chi connectivity index (χ3n) is 6.13. The van der Waals surface area contributed by atoms with E-state index in [0.29, 0.717) is 12.7 Å². The van der Waals surface area contributed by atoms with Crippen molar-refractivity contribution >= 4 is 23.6 Å². The number of benzene rings is 1. The molecule has 0 fully saturated rings. The first-order valence-corrected chi connectivity index (χ1v) is 11.8. The summed E-state index contributed by atoms with van der Waals surface area (Å²) in [6, 6.07) is 6.62. The van der Waals surface area contributed by atoms with E-state index < -0.39 is 0 Å². The van der Waals surface area contributed by atoms with Crippen LogP contribution >= 0.6 is 11.3 Å². The SMILES string of the molecule is C=C(C)c1cccc2c1CB1C=CNC1C2.CC.Cc1csc2c1CCN(C)C2. The van der Waals surface area contributed by atoms with Crippen molar-refractivity contribution in [3.05, 3.63) is 75.0 Å². The summed E-state index contributed by atoms with van der Waals surface area (Å²) in [6.07, 6.45) is 5.67. The summed E-state index contributed by atoms with van der Waals surface area (Å²) in [4.78, 5) is 3.97. The van der Waals surface area contributed by atoms with E-state index in [2.05, 4.69) is 73.4 Å². The Morgan fingerprint density at radius 3 is 2.83 bits per heavy atom. The Morgan fingerprint density at radius 2 is 2.07 bits per heavy atom. The van der Waals surface area contributed by atoms with E-state index in [0.717, 1.165) is 19.3 Å². The van der Waals surface area contributed by atoms with E-state index in [1.165, 1.54) is 40.8 Å². The van der Waals surface area contributed by atoms with Gasteiger partial charge in [0.1, 0.15) is 0 Å². The summed E-state index contributed by atoms with van der Waals surface area (Å²) in [5.41, 5.74) is 8.68. The largest absolute Gasteiger partial charge is 0.396 e. The van der Waals surface area contributed by atoms with Crippen LogP contribution in [0.5, 0.6) is 0 Å². The van der Waals surface area contributed by atoms with Crippen LogP contribution in [0.1, 0.15) is 53.5 Å². The van der Waals surface area contributed by atoms with Gasteiger partial charge in [0.2, 0.25) is 0 Å². The van der Waals surface area contributed by atoms with E-state index in [4.69, 9.17) is 0 Å². The highest BCUT2D eigenvalue weighted by Crippen LogP contribution is 2.29. The number of thiophene rings is 1. The lowest BCUT2D eigenvalue weighted by Crippen LogP contribution is -2.42. The maximum absolute atomic E-state index is 4.09. The lowest BCUT2D eigenvalue weighted by Gasteiger charge is -2.27. The molecule has 0 aliphatic carbocycles. The molecule has 0 radical (unpaired) electrons. The monoisotopic (exact) mass is 406 g/mol. The molecule has 4 heterocycles. The average Bonchev–Trinajstić information content (AvgIpc) is 3.33. The van der Waals surface area contributed by atoms with E-state index in [-0.39, 0.29) is 0 Å². The Morgan fingerprint density at radius 1 is 1.28 bits per heavy atom. The number of likely N-dealkylation sites (N-methyl/N-ethyl adjacent to an activating group) is 1. The molecule has 1 N–H and O–H groups in total. The lowest BCUT2D eigenvalue weighted by atomic mass is 9.39. The number of nitrogens with zero attached hydrogens (tertiary/aromatic N) is 1. The molecule has 1 atom stereocenters. The summed E-state index contributed by atoms with van der Waals surface area (Å²) in [5.74, 6) is 2.93. The molecule has 29 heavy (non-hydrogen) atoms. The average molecular weight is 406 g/mol. The van der Waals surface area contributed by atoms with Gasteiger partial charge in [0.25, 0.3) is 0 Å². The fraction of sp³-hybridized carbons (Fsp3) is 0.440. The zero-order valence-electron chi connectivity index (χ0n) is 18.7. The molecular weight excluding hydrogens is 371 g/mol. The van der Waals surface area contributed by atoms with Crippen molar-refractivity contribution in [2.75, 3.05) is 13.6 Å². The third-order valence-corrected chi connectivity index (χ3v) is 7.26. The van der Waals surface area contributed by atoms with E-state index >= 15 is 0 Å². The van der Waals surface area contributed by atoms with Gasteiger partial charge in [-0.2, -0.15) is 0 Å². The maximum Gasteiger partial charge on any atom is 0.198 e. The number of fused-ring (bicyclic) bond motifs is 3. The summed E-state index contributed by atoms with van der Waals surface area (Å²) in [7, 11) is 2.19. The summed E-state index contributed by atoms with van der Waals surface area (Å²) < 4.78 is 0. The van der Waals surface area contributed by atoms with Crippen LogP contribution in [0.2, 0.25) is 0 Å². The van der Waals surface area contributed by atoms with Gasteiger partial charge in [0.05, 0.1) is 0 Å². The Bertz CT molecular complexity index is 883. The van der Waals surface area contributed by atoms with Crippen LogP contribution in [-0.2, 0) is 25.7 Å². The minimum atomic E-state index is 0.618. The quantitative estimate of drug-likeness (QED) is 0.631. The van der Waals surface area contributed by atoms with Crippen molar-refractivity contribution in [3.8, 4) is 0 Å². The normalized spacial score (nSPS) is 18.9. The van der Waals surface area contributed by atoms with Crippen molar-refractivity contribution in [3.63, 3.8) is 0 Å². The van der Waals surface area contributed by atoms with Crippen LogP contribution in [-0.4, -0.2) is 31.1 Å². The minimum absolute atomic E-state index is 0.618. The van der Waals surface area contributed by atoms with Crippen LogP contribution in [0.15, 0.2) is 42.3 Å². The Kier molecular flexibility index (Phi) is 7.42. The van der Waals surface area contributed by atoms with Crippen LogP contribution in [0.4, 0.5) is 0 Å². The highest BCUT2D eigenvalue weighted by atomic mass is 32.1. The van der Waals surface area contributed by atoms with Gasteiger partial charge in [-0.1, -0.05) is 50.2 Å². The number of nitrogens with one attached hydrogen (secondary N) is 1. The highest BCUT2D eigenvalue weighted by Gasteiger charge is 2.32. The second kappa shape index (κ2) is 9.82. The fourth-order valence-corrected chi connectivity index (χ4v) is 5.70. The number of hydrogen-bond donors (Lipinski definition) is 1. The van der Waals surface area contributed by atoms with Crippen molar-refractivity contribution in [2.24, 2.45) is 0 Å². The van der Waals surface area contributed by atoms with Gasteiger partial charge in [-0.3, -0.25) is 0 Å². The smallest absolute Gasteiger partial charge is 0.198 e. The highest BCUT2D eigenvalue weighted by molar-refractivity contribution is 7.10. The molecule has 154 valence electrons. The van der Waals surface area contributed by atoms with Gasteiger partial charge in [0, 0.05) is 23.9 Å². The molecule has 2 aromatic rings. The molecule has 4 heteroatoms. The Hall–Kier alpha value is -1.78. The van der Waals surface area contributed by atoms with E-state index in [1.54, 1.807) is 10.4 Å². The predicted molar refractivity (Wildman–Crippen MR) is 131 cm³/mol. The maximum atomic E-state index is 4.09. The fourth-order valence-electron chi connectivity index (χ4n) is 4.54. The molecule has 1 aromatic heterocycles. The molecule has 0 bridgehead atoms. The standard InChI is InChI=1S/C14H16BN.C9H13NS.C2H6/c1-10(2)12-5-3-4-11-8-14-15(6-7-16-14)9-13(11)12;1-7-6-11-9-5-10(2)4-3-8(7)9;1-2/h3-7,14,16H,1,8-9H2,2H3;6H,3-5H2,1-2H3;1-2H3. The van der Waals surface area contributed by atoms with Crippen LogP contribution in [0, 0.1) is 6.92 Å². The first-order valence-electron chi connectivity index (χ1n) is 11.0. The lowest BCUT2D eigenvalue weighted by molar-refractivity contribution is 0.317. The van der Waals surface area contributed by atoms with Gasteiger partial charge in [-0.05, 0) is 79.5 Å². The second-order valence-electron chi connectivity index (χ2n) is 8.24. The molecule has 2 nitrogen and oxygen atoms in total. The number of rotatable bonds is 1. The van der Waals surface area contributed by atoms with Gasteiger partial charge >= 0.3 is 0 Å². The van der Waals surface area contributed by atoms with Crippen molar-refractivity contribution in [1.29, 1.82) is 0 Å². The van der Waals surface area contributed by atoms with E-state index in [1.807, 2.05) is 25.2 Å². The molecule has 5 rings (SSSR count). The molecule has 0 saturated carbocycles. The van der Waals surface area contributed by atoms with Crippen molar-refractivity contribution < 1.29 is 0 Å². The molecular formula is C25H35BN2S. The first kappa shape index (κ1) is 21.9. The van der Waals surface area contributed by atoms with E-state index in [9.17, 15) is 0 Å². The second-order valence-corrected chi connectivity index (χ2v) is 9.20. The third kappa shape index (κ3) is 4.87. The molecule has 3 aliphatic rings. The topological polar surface area (TPSA) is 15.3 Å². The number of hydrogen-bond acceptors (Lipinski definition) is 3. The Balaban J connectivity index is 0.000000162.